The Hall–Kier alpha value is -0.520. The molecule has 0 atom stereocenters. The Morgan fingerprint density at radius 3 is 2.67 bits per heavy atom. The molecule has 0 saturated heterocycles. The minimum absolute atomic E-state index is 0.676. The van der Waals surface area contributed by atoms with Crippen LogP contribution < -0.4 is 5.32 Å². The predicted octanol–water partition coefficient (Wildman–Crippen LogP) is 0.797. The van der Waals surface area contributed by atoms with Crippen molar-refractivity contribution in [3.63, 3.8) is 0 Å². The third kappa shape index (κ3) is 7.59. The average Bonchev–Trinajstić information content (AvgIpc) is 1.97. The molecular formula is C10H20N2. The second-order valence-electron chi connectivity index (χ2n) is 3.54. The zero-order valence-electron chi connectivity index (χ0n) is 8.43. The molecule has 0 bridgehead atoms. The molecule has 0 amide bonds. The van der Waals surface area contributed by atoms with Crippen LogP contribution in [-0.2, 0) is 0 Å². The highest BCUT2D eigenvalue weighted by atomic mass is 15.1. The van der Waals surface area contributed by atoms with E-state index in [1.165, 1.54) is 0 Å². The van der Waals surface area contributed by atoms with Gasteiger partial charge in [0.05, 0.1) is 6.54 Å². The zero-order valence-corrected chi connectivity index (χ0v) is 8.43. The molecule has 1 N–H and O–H groups in total. The minimum Gasteiger partial charge on any atom is -0.305 e. The van der Waals surface area contributed by atoms with E-state index in [9.17, 15) is 0 Å². The van der Waals surface area contributed by atoms with E-state index < -0.39 is 0 Å². The molecule has 0 aromatic heterocycles. The molecule has 2 heteroatoms. The topological polar surface area (TPSA) is 15.3 Å². The molecule has 2 nitrogen and oxygen atoms in total. The van der Waals surface area contributed by atoms with Crippen LogP contribution in [0.5, 0.6) is 0 Å². The second kappa shape index (κ2) is 7.15. The van der Waals surface area contributed by atoms with Crippen LogP contribution >= 0.6 is 0 Å². The lowest BCUT2D eigenvalue weighted by Gasteiger charge is -2.18. The van der Waals surface area contributed by atoms with E-state index >= 15 is 0 Å². The number of likely N-dealkylation sites (N-methyl/N-ethyl adjacent to an activating group) is 1. The SMILES string of the molecule is C#CCNCCN(C)CC(C)C. The van der Waals surface area contributed by atoms with E-state index in [1.54, 1.807) is 0 Å². The summed E-state index contributed by atoms with van der Waals surface area (Å²) in [5.41, 5.74) is 0. The predicted molar refractivity (Wildman–Crippen MR) is 54.0 cm³/mol. The lowest BCUT2D eigenvalue weighted by molar-refractivity contribution is 0.296. The van der Waals surface area contributed by atoms with Crippen molar-refractivity contribution in [1.82, 2.24) is 10.2 Å². The summed E-state index contributed by atoms with van der Waals surface area (Å²) in [6, 6.07) is 0. The van der Waals surface area contributed by atoms with Crippen molar-refractivity contribution in [2.24, 2.45) is 5.92 Å². The van der Waals surface area contributed by atoms with Gasteiger partial charge in [-0.3, -0.25) is 0 Å². The summed E-state index contributed by atoms with van der Waals surface area (Å²) in [7, 11) is 2.14. The molecule has 0 aliphatic rings. The zero-order chi connectivity index (χ0) is 9.40. The standard InChI is InChI=1S/C10H20N2/c1-5-6-11-7-8-12(4)9-10(2)3/h1,10-11H,6-9H2,2-4H3. The maximum atomic E-state index is 5.10. The molecule has 0 heterocycles. The van der Waals surface area contributed by atoms with Crippen LogP contribution in [0.15, 0.2) is 0 Å². The fraction of sp³-hybridized carbons (Fsp3) is 0.800. The first kappa shape index (κ1) is 11.5. The van der Waals surface area contributed by atoms with Gasteiger partial charge in [0.25, 0.3) is 0 Å². The average molecular weight is 168 g/mol. The van der Waals surface area contributed by atoms with Crippen molar-refractivity contribution in [1.29, 1.82) is 0 Å². The molecular weight excluding hydrogens is 148 g/mol. The summed E-state index contributed by atoms with van der Waals surface area (Å²) < 4.78 is 0. The van der Waals surface area contributed by atoms with Gasteiger partial charge in [0.15, 0.2) is 0 Å². The molecule has 0 aliphatic heterocycles. The first-order chi connectivity index (χ1) is 5.66. The molecule has 70 valence electrons. The van der Waals surface area contributed by atoms with Crippen molar-refractivity contribution in [2.45, 2.75) is 13.8 Å². The lowest BCUT2D eigenvalue weighted by Crippen LogP contribution is -2.31. The van der Waals surface area contributed by atoms with Crippen LogP contribution in [0.1, 0.15) is 13.8 Å². The molecule has 12 heavy (non-hydrogen) atoms. The van der Waals surface area contributed by atoms with Crippen LogP contribution in [0.3, 0.4) is 0 Å². The van der Waals surface area contributed by atoms with Crippen LogP contribution in [0.2, 0.25) is 0 Å². The van der Waals surface area contributed by atoms with Gasteiger partial charge in [-0.15, -0.1) is 6.42 Å². The van der Waals surface area contributed by atoms with Gasteiger partial charge in [0, 0.05) is 19.6 Å². The van der Waals surface area contributed by atoms with Gasteiger partial charge in [-0.25, -0.2) is 0 Å². The molecule has 0 aromatic carbocycles. The Bertz CT molecular complexity index is 135. The first-order valence-electron chi connectivity index (χ1n) is 4.49. The van der Waals surface area contributed by atoms with E-state index in [0.29, 0.717) is 6.54 Å². The Morgan fingerprint density at radius 2 is 2.17 bits per heavy atom. The largest absolute Gasteiger partial charge is 0.305 e. The summed E-state index contributed by atoms with van der Waals surface area (Å²) >= 11 is 0. The number of hydrogen-bond donors (Lipinski definition) is 1. The normalized spacial score (nSPS) is 10.7. The summed E-state index contributed by atoms with van der Waals surface area (Å²) in [5.74, 6) is 3.29. The van der Waals surface area contributed by atoms with Crippen molar-refractivity contribution >= 4 is 0 Å². The van der Waals surface area contributed by atoms with Gasteiger partial charge in [0.2, 0.25) is 0 Å². The van der Waals surface area contributed by atoms with E-state index in [2.05, 4.69) is 37.0 Å². The Kier molecular flexibility index (Phi) is 6.84. The molecule has 0 aromatic rings. The molecule has 0 saturated carbocycles. The highest BCUT2D eigenvalue weighted by Gasteiger charge is 1.99. The Balaban J connectivity index is 3.20. The fourth-order valence-electron chi connectivity index (χ4n) is 1.15. The van der Waals surface area contributed by atoms with Crippen LogP contribution in [0, 0.1) is 18.3 Å². The van der Waals surface area contributed by atoms with Gasteiger partial charge in [-0.2, -0.15) is 0 Å². The molecule has 0 aliphatic carbocycles. The lowest BCUT2D eigenvalue weighted by atomic mass is 10.2. The van der Waals surface area contributed by atoms with Crippen molar-refractivity contribution in [3.05, 3.63) is 0 Å². The number of nitrogens with one attached hydrogen (secondary N) is 1. The summed E-state index contributed by atoms with van der Waals surface area (Å²) in [5, 5.41) is 3.16. The number of terminal acetylenes is 1. The van der Waals surface area contributed by atoms with Gasteiger partial charge < -0.3 is 10.2 Å². The fourth-order valence-corrected chi connectivity index (χ4v) is 1.15. The van der Waals surface area contributed by atoms with Crippen LogP contribution in [-0.4, -0.2) is 38.1 Å². The Morgan fingerprint density at radius 1 is 1.50 bits per heavy atom. The summed E-state index contributed by atoms with van der Waals surface area (Å²) in [4.78, 5) is 2.31. The maximum absolute atomic E-state index is 5.10. The highest BCUT2D eigenvalue weighted by molar-refractivity contribution is 4.86. The van der Waals surface area contributed by atoms with Crippen LogP contribution in [0.4, 0.5) is 0 Å². The van der Waals surface area contributed by atoms with E-state index in [-0.39, 0.29) is 0 Å². The molecule has 0 radical (unpaired) electrons. The Labute approximate surface area is 76.3 Å². The van der Waals surface area contributed by atoms with Crippen molar-refractivity contribution in [2.75, 3.05) is 33.2 Å². The van der Waals surface area contributed by atoms with Crippen molar-refractivity contribution in [3.8, 4) is 12.3 Å². The van der Waals surface area contributed by atoms with Crippen LogP contribution in [0.25, 0.3) is 0 Å². The molecule has 0 fully saturated rings. The van der Waals surface area contributed by atoms with E-state index in [0.717, 1.165) is 25.6 Å². The quantitative estimate of drug-likeness (QED) is 0.466. The third-order valence-electron chi connectivity index (χ3n) is 1.57. The molecule has 0 rings (SSSR count). The van der Waals surface area contributed by atoms with E-state index in [4.69, 9.17) is 6.42 Å². The van der Waals surface area contributed by atoms with Gasteiger partial charge in [0.1, 0.15) is 0 Å². The van der Waals surface area contributed by atoms with Gasteiger partial charge >= 0.3 is 0 Å². The van der Waals surface area contributed by atoms with E-state index in [1.807, 2.05) is 0 Å². The number of hydrogen-bond acceptors (Lipinski definition) is 2. The maximum Gasteiger partial charge on any atom is 0.0574 e. The third-order valence-corrected chi connectivity index (χ3v) is 1.57. The second-order valence-corrected chi connectivity index (χ2v) is 3.54. The minimum atomic E-state index is 0.676. The summed E-state index contributed by atoms with van der Waals surface area (Å²) in [6.45, 7) is 8.33. The van der Waals surface area contributed by atoms with Gasteiger partial charge in [-0.1, -0.05) is 19.8 Å². The summed E-state index contributed by atoms with van der Waals surface area (Å²) in [6.07, 6.45) is 5.10. The van der Waals surface area contributed by atoms with Gasteiger partial charge in [-0.05, 0) is 13.0 Å². The monoisotopic (exact) mass is 168 g/mol. The number of nitrogens with zero attached hydrogens (tertiary/aromatic N) is 1. The molecule has 0 spiro atoms. The highest BCUT2D eigenvalue weighted by Crippen LogP contribution is 1.93. The number of rotatable bonds is 6. The molecule has 0 unspecified atom stereocenters. The van der Waals surface area contributed by atoms with Crippen molar-refractivity contribution < 1.29 is 0 Å². The smallest absolute Gasteiger partial charge is 0.0574 e. The first-order valence-corrected chi connectivity index (χ1v) is 4.49.